The van der Waals surface area contributed by atoms with Crippen LogP contribution in [0.4, 0.5) is 0 Å². The average molecular weight is 209 g/mol. The maximum atomic E-state index is 5.67. The summed E-state index contributed by atoms with van der Waals surface area (Å²) in [4.78, 5) is 2.42. The van der Waals surface area contributed by atoms with E-state index in [4.69, 9.17) is 9.15 Å². The molecule has 1 fully saturated rings. The lowest BCUT2D eigenvalue weighted by Crippen LogP contribution is -2.54. The second-order valence-corrected chi connectivity index (χ2v) is 4.89. The lowest BCUT2D eigenvalue weighted by molar-refractivity contribution is -0.0967. The fraction of sp³-hybridized carbons (Fsp3) is 0.667. The largest absolute Gasteiger partial charge is 0.468 e. The Labute approximate surface area is 91.0 Å². The summed E-state index contributed by atoms with van der Waals surface area (Å²) in [5, 5.41) is 0. The molecule has 0 bridgehead atoms. The van der Waals surface area contributed by atoms with Crippen LogP contribution in [0.2, 0.25) is 0 Å². The normalized spacial score (nSPS) is 26.7. The number of morpholine rings is 1. The van der Waals surface area contributed by atoms with Crippen molar-refractivity contribution in [2.45, 2.75) is 39.0 Å². The molecule has 1 aromatic heterocycles. The van der Waals surface area contributed by atoms with Crippen molar-refractivity contribution in [3.63, 3.8) is 0 Å². The molecular weight excluding hydrogens is 190 g/mol. The van der Waals surface area contributed by atoms with E-state index in [-0.39, 0.29) is 5.54 Å². The molecule has 0 aliphatic carbocycles. The Morgan fingerprint density at radius 2 is 2.33 bits per heavy atom. The summed E-state index contributed by atoms with van der Waals surface area (Å²) in [6.45, 7) is 9.16. The summed E-state index contributed by atoms with van der Waals surface area (Å²) in [7, 11) is 0. The van der Waals surface area contributed by atoms with E-state index in [9.17, 15) is 0 Å². The molecule has 15 heavy (non-hydrogen) atoms. The molecule has 0 amide bonds. The SMILES string of the molecule is CC1CN(Cc2ccco2)C(C)(C)CO1. The van der Waals surface area contributed by atoms with Gasteiger partial charge in [0.05, 0.1) is 25.5 Å². The fourth-order valence-electron chi connectivity index (χ4n) is 1.92. The highest BCUT2D eigenvalue weighted by Gasteiger charge is 2.33. The van der Waals surface area contributed by atoms with Crippen LogP contribution in [0, 0.1) is 0 Å². The maximum Gasteiger partial charge on any atom is 0.117 e. The van der Waals surface area contributed by atoms with Gasteiger partial charge >= 0.3 is 0 Å². The van der Waals surface area contributed by atoms with E-state index in [0.717, 1.165) is 25.5 Å². The van der Waals surface area contributed by atoms with Gasteiger partial charge in [-0.15, -0.1) is 0 Å². The highest BCUT2D eigenvalue weighted by Crippen LogP contribution is 2.24. The summed E-state index contributed by atoms with van der Waals surface area (Å²) < 4.78 is 11.1. The first kappa shape index (κ1) is 10.7. The molecule has 0 N–H and O–H groups in total. The van der Waals surface area contributed by atoms with Gasteiger partial charge in [0, 0.05) is 12.1 Å². The first-order valence-corrected chi connectivity index (χ1v) is 5.47. The minimum Gasteiger partial charge on any atom is -0.468 e. The van der Waals surface area contributed by atoms with Crippen molar-refractivity contribution >= 4 is 0 Å². The Hall–Kier alpha value is -0.800. The minimum atomic E-state index is 0.0965. The monoisotopic (exact) mass is 209 g/mol. The molecule has 3 nitrogen and oxygen atoms in total. The van der Waals surface area contributed by atoms with Gasteiger partial charge in [0.1, 0.15) is 5.76 Å². The number of ether oxygens (including phenoxy) is 1. The molecule has 2 heterocycles. The number of hydrogen-bond donors (Lipinski definition) is 0. The van der Waals surface area contributed by atoms with Crippen LogP contribution in [0.1, 0.15) is 26.5 Å². The molecule has 0 radical (unpaired) electrons. The van der Waals surface area contributed by atoms with E-state index in [1.165, 1.54) is 0 Å². The van der Waals surface area contributed by atoms with Crippen molar-refractivity contribution in [2.75, 3.05) is 13.2 Å². The van der Waals surface area contributed by atoms with Gasteiger partial charge in [-0.1, -0.05) is 0 Å². The lowest BCUT2D eigenvalue weighted by Gasteiger charge is -2.44. The van der Waals surface area contributed by atoms with Gasteiger partial charge in [0.15, 0.2) is 0 Å². The highest BCUT2D eigenvalue weighted by atomic mass is 16.5. The third kappa shape index (κ3) is 2.41. The minimum absolute atomic E-state index is 0.0965. The zero-order valence-corrected chi connectivity index (χ0v) is 9.69. The topological polar surface area (TPSA) is 25.6 Å². The summed E-state index contributed by atoms with van der Waals surface area (Å²) in [6.07, 6.45) is 2.04. The van der Waals surface area contributed by atoms with E-state index in [1.54, 1.807) is 6.26 Å². The van der Waals surface area contributed by atoms with Crippen molar-refractivity contribution in [3.05, 3.63) is 24.2 Å². The molecule has 0 aromatic carbocycles. The molecule has 1 aliphatic heterocycles. The van der Waals surface area contributed by atoms with Gasteiger partial charge in [-0.25, -0.2) is 0 Å². The Kier molecular flexibility index (Phi) is 2.85. The van der Waals surface area contributed by atoms with Gasteiger partial charge in [-0.05, 0) is 32.9 Å². The third-order valence-corrected chi connectivity index (χ3v) is 2.98. The number of hydrogen-bond acceptors (Lipinski definition) is 3. The lowest BCUT2D eigenvalue weighted by atomic mass is 10.0. The van der Waals surface area contributed by atoms with E-state index in [1.807, 2.05) is 12.1 Å². The van der Waals surface area contributed by atoms with Gasteiger partial charge in [0.2, 0.25) is 0 Å². The first-order chi connectivity index (χ1) is 7.08. The van der Waals surface area contributed by atoms with E-state index >= 15 is 0 Å². The fourth-order valence-corrected chi connectivity index (χ4v) is 1.92. The predicted molar refractivity (Wildman–Crippen MR) is 58.6 cm³/mol. The molecule has 2 rings (SSSR count). The molecule has 1 atom stereocenters. The van der Waals surface area contributed by atoms with Crippen LogP contribution < -0.4 is 0 Å². The van der Waals surface area contributed by atoms with Gasteiger partial charge in [-0.3, -0.25) is 4.90 Å². The van der Waals surface area contributed by atoms with Crippen molar-refractivity contribution in [3.8, 4) is 0 Å². The third-order valence-electron chi connectivity index (χ3n) is 2.98. The number of nitrogens with zero attached hydrogens (tertiary/aromatic N) is 1. The standard InChI is InChI=1S/C12H19NO2/c1-10-7-13(12(2,3)9-15-10)8-11-5-4-6-14-11/h4-6,10H,7-9H2,1-3H3. The Balaban J connectivity index is 2.05. The van der Waals surface area contributed by atoms with Crippen LogP contribution >= 0.6 is 0 Å². The van der Waals surface area contributed by atoms with Crippen LogP contribution in [0.15, 0.2) is 22.8 Å². The van der Waals surface area contributed by atoms with Gasteiger partial charge in [0.25, 0.3) is 0 Å². The van der Waals surface area contributed by atoms with Crippen LogP contribution in [0.25, 0.3) is 0 Å². The summed E-state index contributed by atoms with van der Waals surface area (Å²) in [6, 6.07) is 3.96. The first-order valence-electron chi connectivity index (χ1n) is 5.47. The highest BCUT2D eigenvalue weighted by molar-refractivity contribution is 5.00. The van der Waals surface area contributed by atoms with E-state index < -0.39 is 0 Å². The molecule has 1 aromatic rings. The number of furan rings is 1. The van der Waals surface area contributed by atoms with Gasteiger partial charge < -0.3 is 9.15 Å². The number of rotatable bonds is 2. The molecule has 0 saturated carbocycles. The zero-order valence-electron chi connectivity index (χ0n) is 9.69. The van der Waals surface area contributed by atoms with Crippen LogP contribution in [-0.4, -0.2) is 29.7 Å². The zero-order chi connectivity index (χ0) is 10.9. The molecular formula is C12H19NO2. The van der Waals surface area contributed by atoms with E-state index in [0.29, 0.717) is 6.10 Å². The van der Waals surface area contributed by atoms with Crippen molar-refractivity contribution in [2.24, 2.45) is 0 Å². The summed E-state index contributed by atoms with van der Waals surface area (Å²) >= 11 is 0. The van der Waals surface area contributed by atoms with Crippen molar-refractivity contribution in [1.82, 2.24) is 4.90 Å². The molecule has 3 heteroatoms. The Morgan fingerprint density at radius 3 is 3.00 bits per heavy atom. The Morgan fingerprint density at radius 1 is 1.53 bits per heavy atom. The van der Waals surface area contributed by atoms with Gasteiger partial charge in [-0.2, -0.15) is 0 Å². The molecule has 1 aliphatic rings. The van der Waals surface area contributed by atoms with Crippen molar-refractivity contribution in [1.29, 1.82) is 0 Å². The molecule has 1 saturated heterocycles. The Bertz CT molecular complexity index is 305. The molecule has 1 unspecified atom stereocenters. The summed E-state index contributed by atoms with van der Waals surface area (Å²) in [5.41, 5.74) is 0.0965. The molecule has 84 valence electrons. The maximum absolute atomic E-state index is 5.67. The van der Waals surface area contributed by atoms with Crippen LogP contribution in [0.3, 0.4) is 0 Å². The second kappa shape index (κ2) is 3.99. The smallest absolute Gasteiger partial charge is 0.117 e. The van der Waals surface area contributed by atoms with Crippen molar-refractivity contribution < 1.29 is 9.15 Å². The van der Waals surface area contributed by atoms with Crippen LogP contribution in [-0.2, 0) is 11.3 Å². The molecule has 0 spiro atoms. The predicted octanol–water partition coefficient (Wildman–Crippen LogP) is 2.28. The van der Waals surface area contributed by atoms with Crippen LogP contribution in [0.5, 0.6) is 0 Å². The summed E-state index contributed by atoms with van der Waals surface area (Å²) in [5.74, 6) is 1.03. The van der Waals surface area contributed by atoms with E-state index in [2.05, 4.69) is 25.7 Å². The quantitative estimate of drug-likeness (QED) is 0.747. The average Bonchev–Trinajstić information content (AvgIpc) is 2.65. The second-order valence-electron chi connectivity index (χ2n) is 4.89.